The van der Waals surface area contributed by atoms with Gasteiger partial charge in [0.05, 0.1) is 0 Å². The summed E-state index contributed by atoms with van der Waals surface area (Å²) in [5, 5.41) is 0. The fourth-order valence-corrected chi connectivity index (χ4v) is 2.83. The molecule has 1 rings (SSSR count). The standard InChI is InChI=1S/C6H11ClOS/c1-6(3-2-4-6)5-9(7)8/h2-5H2,1H3. The summed E-state index contributed by atoms with van der Waals surface area (Å²) < 4.78 is 10.5. The summed E-state index contributed by atoms with van der Waals surface area (Å²) in [6, 6.07) is 0. The van der Waals surface area contributed by atoms with Crippen molar-refractivity contribution in [2.75, 3.05) is 5.75 Å². The molecule has 1 aliphatic rings. The molecule has 1 aliphatic carbocycles. The molecule has 0 heterocycles. The third-order valence-electron chi connectivity index (χ3n) is 2.02. The molecule has 0 aliphatic heterocycles. The van der Waals surface area contributed by atoms with Gasteiger partial charge in [0.1, 0.15) is 10.0 Å². The molecule has 1 unspecified atom stereocenters. The second-order valence-corrected chi connectivity index (χ2v) is 5.00. The Morgan fingerprint density at radius 2 is 2.22 bits per heavy atom. The number of halogens is 1. The minimum Gasteiger partial charge on any atom is -0.243 e. The lowest BCUT2D eigenvalue weighted by Gasteiger charge is -2.36. The highest BCUT2D eigenvalue weighted by Crippen LogP contribution is 2.41. The van der Waals surface area contributed by atoms with Gasteiger partial charge in [0.15, 0.2) is 0 Å². The number of hydrogen-bond donors (Lipinski definition) is 0. The second-order valence-electron chi connectivity index (χ2n) is 3.10. The number of hydrogen-bond acceptors (Lipinski definition) is 1. The average molecular weight is 167 g/mol. The molecule has 1 atom stereocenters. The van der Waals surface area contributed by atoms with Gasteiger partial charge in [0.2, 0.25) is 0 Å². The third kappa shape index (κ3) is 1.94. The van der Waals surface area contributed by atoms with E-state index >= 15 is 0 Å². The minimum absolute atomic E-state index is 0.312. The van der Waals surface area contributed by atoms with Gasteiger partial charge in [-0.3, -0.25) is 0 Å². The first-order chi connectivity index (χ1) is 4.12. The molecule has 9 heavy (non-hydrogen) atoms. The van der Waals surface area contributed by atoms with Crippen LogP contribution in [0.4, 0.5) is 0 Å². The smallest absolute Gasteiger partial charge is 0.115 e. The normalized spacial score (nSPS) is 26.9. The van der Waals surface area contributed by atoms with Crippen LogP contribution >= 0.6 is 10.7 Å². The van der Waals surface area contributed by atoms with Crippen LogP contribution in [-0.2, 0) is 10.0 Å². The van der Waals surface area contributed by atoms with Crippen LogP contribution in [0.5, 0.6) is 0 Å². The van der Waals surface area contributed by atoms with Crippen LogP contribution in [0.3, 0.4) is 0 Å². The summed E-state index contributed by atoms with van der Waals surface area (Å²) in [7, 11) is 4.24. The van der Waals surface area contributed by atoms with Crippen LogP contribution in [0.25, 0.3) is 0 Å². The maximum atomic E-state index is 10.5. The van der Waals surface area contributed by atoms with Crippen LogP contribution in [0.1, 0.15) is 26.2 Å². The van der Waals surface area contributed by atoms with Gasteiger partial charge in [-0.1, -0.05) is 13.3 Å². The molecule has 0 aromatic heterocycles. The molecule has 54 valence electrons. The molecule has 0 aromatic carbocycles. The topological polar surface area (TPSA) is 17.1 Å². The van der Waals surface area contributed by atoms with Crippen molar-refractivity contribution in [3.63, 3.8) is 0 Å². The van der Waals surface area contributed by atoms with Crippen LogP contribution in [-0.4, -0.2) is 9.96 Å². The van der Waals surface area contributed by atoms with Gasteiger partial charge in [-0.05, 0) is 28.9 Å². The van der Waals surface area contributed by atoms with E-state index in [0.717, 1.165) is 0 Å². The SMILES string of the molecule is CC1(CS(=O)Cl)CCC1. The lowest BCUT2D eigenvalue weighted by molar-refractivity contribution is 0.196. The van der Waals surface area contributed by atoms with Crippen molar-refractivity contribution in [1.82, 2.24) is 0 Å². The van der Waals surface area contributed by atoms with Crippen molar-refractivity contribution in [2.24, 2.45) is 5.41 Å². The average Bonchev–Trinajstić information content (AvgIpc) is 1.60. The van der Waals surface area contributed by atoms with E-state index in [-0.39, 0.29) is 0 Å². The summed E-state index contributed by atoms with van der Waals surface area (Å²) in [6.07, 6.45) is 3.68. The van der Waals surface area contributed by atoms with Gasteiger partial charge in [0.25, 0.3) is 0 Å². The zero-order chi connectivity index (χ0) is 6.91. The zero-order valence-corrected chi connectivity index (χ0v) is 7.10. The van der Waals surface area contributed by atoms with Crippen molar-refractivity contribution in [1.29, 1.82) is 0 Å². The maximum absolute atomic E-state index is 10.5. The summed E-state index contributed by atoms with van der Waals surface area (Å²) >= 11 is 0. The minimum atomic E-state index is -1.11. The lowest BCUT2D eigenvalue weighted by Crippen LogP contribution is -2.30. The van der Waals surface area contributed by atoms with E-state index in [2.05, 4.69) is 6.92 Å². The van der Waals surface area contributed by atoms with Crippen molar-refractivity contribution in [3.8, 4) is 0 Å². The highest BCUT2D eigenvalue weighted by Gasteiger charge is 2.32. The van der Waals surface area contributed by atoms with E-state index in [0.29, 0.717) is 11.2 Å². The zero-order valence-electron chi connectivity index (χ0n) is 5.52. The molecule has 3 heteroatoms. The van der Waals surface area contributed by atoms with Crippen molar-refractivity contribution in [3.05, 3.63) is 0 Å². The molecule has 0 spiro atoms. The molecule has 1 fully saturated rings. The number of rotatable bonds is 2. The van der Waals surface area contributed by atoms with E-state index in [1.165, 1.54) is 19.3 Å². The van der Waals surface area contributed by atoms with Gasteiger partial charge in [-0.15, -0.1) is 0 Å². The fraction of sp³-hybridized carbons (Fsp3) is 1.00. The van der Waals surface area contributed by atoms with E-state index in [1.54, 1.807) is 0 Å². The Morgan fingerprint density at radius 1 is 1.67 bits per heavy atom. The van der Waals surface area contributed by atoms with Crippen LogP contribution in [0.15, 0.2) is 0 Å². The summed E-state index contributed by atoms with van der Waals surface area (Å²) in [6.45, 7) is 2.15. The van der Waals surface area contributed by atoms with E-state index in [9.17, 15) is 4.21 Å². The predicted octanol–water partition coefficient (Wildman–Crippen LogP) is 2.08. The quantitative estimate of drug-likeness (QED) is 0.575. The Balaban J connectivity index is 2.33. The molecule has 1 saturated carbocycles. The highest BCUT2D eigenvalue weighted by molar-refractivity contribution is 8.08. The Hall–Kier alpha value is 0.440. The fourth-order valence-electron chi connectivity index (χ4n) is 1.20. The monoisotopic (exact) mass is 166 g/mol. The summed E-state index contributed by atoms with van der Waals surface area (Å²) in [4.78, 5) is 0. The van der Waals surface area contributed by atoms with Gasteiger partial charge in [-0.2, -0.15) is 0 Å². The summed E-state index contributed by atoms with van der Waals surface area (Å²) in [5.74, 6) is 0.675. The predicted molar refractivity (Wildman–Crippen MR) is 40.8 cm³/mol. The molecule has 0 amide bonds. The van der Waals surface area contributed by atoms with Gasteiger partial charge < -0.3 is 0 Å². The van der Waals surface area contributed by atoms with Crippen LogP contribution in [0, 0.1) is 5.41 Å². The second kappa shape index (κ2) is 2.59. The van der Waals surface area contributed by atoms with E-state index in [1.807, 2.05) is 0 Å². The Morgan fingerprint density at radius 3 is 2.33 bits per heavy atom. The third-order valence-corrected chi connectivity index (χ3v) is 3.27. The van der Waals surface area contributed by atoms with E-state index in [4.69, 9.17) is 10.7 Å². The highest BCUT2D eigenvalue weighted by atomic mass is 35.7. The van der Waals surface area contributed by atoms with E-state index < -0.39 is 10.0 Å². The molecular formula is C6H11ClOS. The van der Waals surface area contributed by atoms with Crippen molar-refractivity contribution >= 4 is 20.7 Å². The molecule has 0 radical (unpaired) electrons. The van der Waals surface area contributed by atoms with Crippen LogP contribution in [0.2, 0.25) is 0 Å². The largest absolute Gasteiger partial charge is 0.243 e. The first-order valence-corrected chi connectivity index (χ1v) is 5.32. The molecule has 0 N–H and O–H groups in total. The Bertz CT molecular complexity index is 131. The molecule has 0 bridgehead atoms. The van der Waals surface area contributed by atoms with Crippen molar-refractivity contribution in [2.45, 2.75) is 26.2 Å². The molecule has 0 aromatic rings. The van der Waals surface area contributed by atoms with Gasteiger partial charge >= 0.3 is 0 Å². The van der Waals surface area contributed by atoms with Gasteiger partial charge in [-0.25, -0.2) is 4.21 Å². The Kier molecular flexibility index (Phi) is 2.17. The van der Waals surface area contributed by atoms with Gasteiger partial charge in [0, 0.05) is 5.75 Å². The Labute approximate surface area is 62.7 Å². The van der Waals surface area contributed by atoms with Crippen molar-refractivity contribution < 1.29 is 4.21 Å². The lowest BCUT2D eigenvalue weighted by atomic mass is 9.72. The van der Waals surface area contributed by atoms with Crippen LogP contribution < -0.4 is 0 Å². The molecular weight excluding hydrogens is 156 g/mol. The maximum Gasteiger partial charge on any atom is 0.115 e. The first-order valence-electron chi connectivity index (χ1n) is 3.17. The molecule has 1 nitrogen and oxygen atoms in total. The molecule has 0 saturated heterocycles. The summed E-state index contributed by atoms with van der Waals surface area (Å²) in [5.41, 5.74) is 0.312. The first kappa shape index (κ1) is 7.55.